The van der Waals surface area contributed by atoms with Crippen molar-refractivity contribution in [2.75, 3.05) is 19.6 Å². The molecule has 1 aromatic carbocycles. The Hall–Kier alpha value is -2.01. The van der Waals surface area contributed by atoms with Gasteiger partial charge in [0.1, 0.15) is 11.5 Å². The highest BCUT2D eigenvalue weighted by Gasteiger charge is 2.42. The number of nitrogens with zero attached hydrogens (tertiary/aromatic N) is 2. The van der Waals surface area contributed by atoms with E-state index in [9.17, 15) is 17.6 Å². The smallest absolute Gasteiger partial charge is 0.270 e. The molecule has 2 atom stereocenters. The van der Waals surface area contributed by atoms with Crippen molar-refractivity contribution in [1.29, 1.82) is 0 Å². The summed E-state index contributed by atoms with van der Waals surface area (Å²) in [6, 6.07) is 4.78. The molecule has 162 valence electrons. The standard InChI is InChI=1S/C20H26FN5O3S/c1-2-12-7-13(21)8-17-16(12)10-18(22-17)20(27)25-5-6-26-14(11-25)9-19(23-26)24-30(28,29)15-3-4-15/h7-8,10,14-15,19,22-24H,2-6,9,11H2,1H3. The van der Waals surface area contributed by atoms with Gasteiger partial charge in [0.25, 0.3) is 5.91 Å². The Morgan fingerprint density at radius 1 is 1.27 bits per heavy atom. The zero-order valence-electron chi connectivity index (χ0n) is 16.8. The minimum absolute atomic E-state index is 0.0441. The van der Waals surface area contributed by atoms with Gasteiger partial charge in [0, 0.05) is 36.6 Å². The summed E-state index contributed by atoms with van der Waals surface area (Å²) in [5.41, 5.74) is 5.19. The van der Waals surface area contributed by atoms with Crippen molar-refractivity contribution in [2.24, 2.45) is 0 Å². The number of piperazine rings is 1. The number of carbonyl (C=O) groups is 1. The van der Waals surface area contributed by atoms with Gasteiger partial charge in [0.2, 0.25) is 10.0 Å². The quantitative estimate of drug-likeness (QED) is 0.658. The molecule has 30 heavy (non-hydrogen) atoms. The Bertz CT molecular complexity index is 1100. The SMILES string of the molecule is CCc1cc(F)cc2[nH]c(C(=O)N3CCN4NC(NS(=O)(=O)C5CC5)CC4C3)cc12. The molecule has 0 bridgehead atoms. The van der Waals surface area contributed by atoms with Crippen LogP contribution in [-0.4, -0.2) is 66.3 Å². The number of hydrogen-bond donors (Lipinski definition) is 3. The number of rotatable bonds is 5. The molecule has 3 heterocycles. The van der Waals surface area contributed by atoms with Gasteiger partial charge in [-0.2, -0.15) is 4.72 Å². The highest BCUT2D eigenvalue weighted by Crippen LogP contribution is 2.29. The summed E-state index contributed by atoms with van der Waals surface area (Å²) in [7, 11) is -3.27. The van der Waals surface area contributed by atoms with Crippen molar-refractivity contribution in [1.82, 2.24) is 25.0 Å². The minimum Gasteiger partial charge on any atom is -0.350 e. The number of amides is 1. The van der Waals surface area contributed by atoms with Gasteiger partial charge in [0.15, 0.2) is 0 Å². The third-order valence-corrected chi connectivity index (χ3v) is 8.23. The second-order valence-electron chi connectivity index (χ2n) is 8.44. The van der Waals surface area contributed by atoms with E-state index in [0.717, 1.165) is 23.8 Å². The average Bonchev–Trinajstić information content (AvgIpc) is 3.38. The normalized spacial score (nSPS) is 25.1. The molecule has 10 heteroatoms. The molecular weight excluding hydrogens is 409 g/mol. The molecule has 1 aliphatic carbocycles. The molecule has 1 saturated carbocycles. The van der Waals surface area contributed by atoms with E-state index in [1.54, 1.807) is 4.90 Å². The van der Waals surface area contributed by atoms with E-state index in [2.05, 4.69) is 15.1 Å². The average molecular weight is 436 g/mol. The molecule has 3 N–H and O–H groups in total. The van der Waals surface area contributed by atoms with Gasteiger partial charge in [-0.1, -0.05) is 6.92 Å². The summed E-state index contributed by atoms with van der Waals surface area (Å²) in [4.78, 5) is 18.0. The number of benzene rings is 1. The monoisotopic (exact) mass is 435 g/mol. The van der Waals surface area contributed by atoms with Gasteiger partial charge < -0.3 is 9.88 Å². The van der Waals surface area contributed by atoms with Crippen LogP contribution in [0.25, 0.3) is 10.9 Å². The van der Waals surface area contributed by atoms with Gasteiger partial charge in [0.05, 0.1) is 11.4 Å². The Kier molecular flexibility index (Phi) is 4.85. The van der Waals surface area contributed by atoms with Crippen molar-refractivity contribution in [3.8, 4) is 0 Å². The first-order valence-corrected chi connectivity index (χ1v) is 12.0. The van der Waals surface area contributed by atoms with E-state index >= 15 is 0 Å². The van der Waals surface area contributed by atoms with E-state index < -0.39 is 10.0 Å². The lowest BCUT2D eigenvalue weighted by atomic mass is 10.1. The highest BCUT2D eigenvalue weighted by atomic mass is 32.2. The fourth-order valence-electron chi connectivity index (χ4n) is 4.54. The summed E-state index contributed by atoms with van der Waals surface area (Å²) in [5.74, 6) is -0.430. The number of halogens is 1. The van der Waals surface area contributed by atoms with Crippen LogP contribution in [0.1, 0.15) is 42.2 Å². The molecule has 3 fully saturated rings. The number of sulfonamides is 1. The number of nitrogens with one attached hydrogen (secondary N) is 3. The lowest BCUT2D eigenvalue weighted by molar-refractivity contribution is 0.0467. The summed E-state index contributed by atoms with van der Waals surface area (Å²) < 4.78 is 41.0. The van der Waals surface area contributed by atoms with Crippen molar-refractivity contribution in [2.45, 2.75) is 50.1 Å². The highest BCUT2D eigenvalue weighted by molar-refractivity contribution is 7.90. The van der Waals surface area contributed by atoms with E-state index in [1.165, 1.54) is 12.1 Å². The van der Waals surface area contributed by atoms with Gasteiger partial charge in [-0.3, -0.25) is 4.79 Å². The maximum Gasteiger partial charge on any atom is 0.270 e. The predicted octanol–water partition coefficient (Wildman–Crippen LogP) is 1.31. The first kappa shape index (κ1) is 19.9. The molecule has 1 amide bonds. The largest absolute Gasteiger partial charge is 0.350 e. The second kappa shape index (κ2) is 7.30. The molecule has 8 nitrogen and oxygen atoms in total. The van der Waals surface area contributed by atoms with Crippen LogP contribution in [0.4, 0.5) is 4.39 Å². The van der Waals surface area contributed by atoms with E-state index in [1.807, 2.05) is 18.0 Å². The fraction of sp³-hybridized carbons (Fsp3) is 0.550. The van der Waals surface area contributed by atoms with Crippen LogP contribution in [-0.2, 0) is 16.4 Å². The van der Waals surface area contributed by atoms with Crippen LogP contribution >= 0.6 is 0 Å². The van der Waals surface area contributed by atoms with Crippen molar-refractivity contribution in [3.05, 3.63) is 35.3 Å². The van der Waals surface area contributed by atoms with Crippen LogP contribution in [0.3, 0.4) is 0 Å². The number of hydrazine groups is 1. The van der Waals surface area contributed by atoms with Crippen LogP contribution in [0.2, 0.25) is 0 Å². The molecule has 0 spiro atoms. The third-order valence-electron chi connectivity index (χ3n) is 6.27. The summed E-state index contributed by atoms with van der Waals surface area (Å²) in [6.07, 6.45) is 2.41. The summed E-state index contributed by atoms with van der Waals surface area (Å²) in [6.45, 7) is 3.63. The molecule has 5 rings (SSSR count). The van der Waals surface area contributed by atoms with Crippen LogP contribution < -0.4 is 10.1 Å². The summed E-state index contributed by atoms with van der Waals surface area (Å²) in [5, 5.41) is 2.65. The third kappa shape index (κ3) is 3.62. The van der Waals surface area contributed by atoms with Crippen molar-refractivity contribution >= 4 is 26.8 Å². The summed E-state index contributed by atoms with van der Waals surface area (Å²) >= 11 is 0. The van der Waals surface area contributed by atoms with Crippen molar-refractivity contribution in [3.63, 3.8) is 0 Å². The number of fused-ring (bicyclic) bond motifs is 2. The zero-order chi connectivity index (χ0) is 21.0. The predicted molar refractivity (Wildman–Crippen MR) is 111 cm³/mol. The number of aromatic nitrogens is 1. The lowest BCUT2D eigenvalue weighted by Gasteiger charge is -2.36. The fourth-order valence-corrected chi connectivity index (χ4v) is 6.03. The first-order chi connectivity index (χ1) is 14.3. The number of carbonyl (C=O) groups excluding carboxylic acids is 1. The second-order valence-corrected chi connectivity index (χ2v) is 10.4. The number of aromatic amines is 1. The van der Waals surface area contributed by atoms with Crippen LogP contribution in [0.15, 0.2) is 18.2 Å². The van der Waals surface area contributed by atoms with Crippen LogP contribution in [0.5, 0.6) is 0 Å². The van der Waals surface area contributed by atoms with E-state index in [-0.39, 0.29) is 29.2 Å². The van der Waals surface area contributed by atoms with Gasteiger partial charge >= 0.3 is 0 Å². The molecule has 2 saturated heterocycles. The van der Waals surface area contributed by atoms with Crippen molar-refractivity contribution < 1.29 is 17.6 Å². The molecular formula is C20H26FN5O3S. The Labute approximate surface area is 174 Å². The van der Waals surface area contributed by atoms with E-state index in [4.69, 9.17) is 0 Å². The Balaban J connectivity index is 1.28. The maximum absolute atomic E-state index is 13.8. The maximum atomic E-state index is 13.8. The Morgan fingerprint density at radius 3 is 2.80 bits per heavy atom. The molecule has 2 aromatic rings. The topological polar surface area (TPSA) is 97.5 Å². The number of H-pyrrole nitrogens is 1. The molecule has 0 radical (unpaired) electrons. The molecule has 1 aromatic heterocycles. The van der Waals surface area contributed by atoms with E-state index in [0.29, 0.717) is 43.7 Å². The Morgan fingerprint density at radius 2 is 2.07 bits per heavy atom. The van der Waals surface area contributed by atoms with Gasteiger partial charge in [-0.15, -0.1) is 0 Å². The molecule has 3 aliphatic rings. The number of aryl methyl sites for hydroxylation is 1. The molecule has 2 aliphatic heterocycles. The first-order valence-electron chi connectivity index (χ1n) is 10.5. The van der Waals surface area contributed by atoms with Crippen LogP contribution in [0, 0.1) is 5.82 Å². The minimum atomic E-state index is -3.27. The number of hydrogen-bond acceptors (Lipinski definition) is 5. The lowest BCUT2D eigenvalue weighted by Crippen LogP contribution is -2.55. The molecule has 2 unspecified atom stereocenters. The zero-order valence-corrected chi connectivity index (χ0v) is 17.6. The van der Waals surface area contributed by atoms with Gasteiger partial charge in [-0.25, -0.2) is 23.2 Å². The van der Waals surface area contributed by atoms with Gasteiger partial charge in [-0.05, 0) is 49.4 Å².